The summed E-state index contributed by atoms with van der Waals surface area (Å²) in [7, 11) is 0. The van der Waals surface area contributed by atoms with Gasteiger partial charge in [-0.05, 0) is 42.9 Å². The standard InChI is InChI=1S/C13H11ClOS/c1-2-3-4-5-6-7-11-8-9-13(16-11)12(15)10-14/h2-3,8-9,12,15H,10H2,1H3/b3-2-. The fourth-order valence-corrected chi connectivity index (χ4v) is 2.03. The minimum atomic E-state index is -0.601. The summed E-state index contributed by atoms with van der Waals surface area (Å²) in [4.78, 5) is 1.72. The summed E-state index contributed by atoms with van der Waals surface area (Å²) >= 11 is 6.98. The molecule has 0 fully saturated rings. The molecule has 0 saturated carbocycles. The van der Waals surface area contributed by atoms with Gasteiger partial charge in [0.05, 0.1) is 10.8 Å². The van der Waals surface area contributed by atoms with E-state index in [9.17, 15) is 5.11 Å². The van der Waals surface area contributed by atoms with Gasteiger partial charge in [-0.25, -0.2) is 0 Å². The maximum absolute atomic E-state index is 9.48. The Bertz CT molecular complexity index is 479. The van der Waals surface area contributed by atoms with Crippen LogP contribution >= 0.6 is 22.9 Å². The van der Waals surface area contributed by atoms with Gasteiger partial charge in [-0.2, -0.15) is 0 Å². The Labute approximate surface area is 105 Å². The zero-order chi connectivity index (χ0) is 11.8. The second kappa shape index (κ2) is 7.14. The SMILES string of the molecule is C/C=C\C#CC#Cc1ccc(C(O)CCl)s1. The van der Waals surface area contributed by atoms with Crippen molar-refractivity contribution in [1.82, 2.24) is 0 Å². The van der Waals surface area contributed by atoms with Crippen molar-refractivity contribution in [2.24, 2.45) is 0 Å². The second-order valence-corrected chi connectivity index (χ2v) is 4.32. The maximum atomic E-state index is 9.48. The van der Waals surface area contributed by atoms with Crippen molar-refractivity contribution >= 4 is 22.9 Å². The van der Waals surface area contributed by atoms with Crippen LogP contribution in [0.5, 0.6) is 0 Å². The molecule has 0 spiro atoms. The quantitative estimate of drug-likeness (QED) is 0.632. The van der Waals surface area contributed by atoms with Crippen LogP contribution in [0.25, 0.3) is 0 Å². The summed E-state index contributed by atoms with van der Waals surface area (Å²) in [5.41, 5.74) is 0. The van der Waals surface area contributed by atoms with Gasteiger partial charge in [-0.3, -0.25) is 0 Å². The summed E-state index contributed by atoms with van der Waals surface area (Å²) in [5, 5.41) is 9.48. The molecule has 1 N–H and O–H groups in total. The number of thiophene rings is 1. The molecule has 0 amide bonds. The van der Waals surface area contributed by atoms with Crippen molar-refractivity contribution in [3.63, 3.8) is 0 Å². The van der Waals surface area contributed by atoms with Gasteiger partial charge in [0.2, 0.25) is 0 Å². The Kier molecular flexibility index (Phi) is 5.75. The fraction of sp³-hybridized carbons (Fsp3) is 0.231. The Balaban J connectivity index is 2.69. The largest absolute Gasteiger partial charge is 0.386 e. The zero-order valence-electron chi connectivity index (χ0n) is 8.83. The van der Waals surface area contributed by atoms with E-state index >= 15 is 0 Å². The Morgan fingerprint density at radius 2 is 2.31 bits per heavy atom. The lowest BCUT2D eigenvalue weighted by Gasteiger charge is -2.00. The smallest absolute Gasteiger partial charge is 0.102 e. The first-order valence-electron chi connectivity index (χ1n) is 4.74. The van der Waals surface area contributed by atoms with E-state index < -0.39 is 6.10 Å². The third-order valence-electron chi connectivity index (χ3n) is 1.67. The topological polar surface area (TPSA) is 20.2 Å². The molecule has 0 aliphatic carbocycles. The number of hydrogen-bond donors (Lipinski definition) is 1. The van der Waals surface area contributed by atoms with Crippen LogP contribution in [0.1, 0.15) is 22.8 Å². The van der Waals surface area contributed by atoms with Gasteiger partial charge in [0.15, 0.2) is 0 Å². The lowest BCUT2D eigenvalue weighted by atomic mass is 10.3. The van der Waals surface area contributed by atoms with Gasteiger partial charge in [0.25, 0.3) is 0 Å². The molecule has 0 aliphatic heterocycles. The van der Waals surface area contributed by atoms with Crippen molar-refractivity contribution in [2.75, 3.05) is 5.88 Å². The first kappa shape index (κ1) is 12.9. The van der Waals surface area contributed by atoms with Crippen molar-refractivity contribution in [1.29, 1.82) is 0 Å². The van der Waals surface area contributed by atoms with E-state index in [1.54, 1.807) is 6.08 Å². The zero-order valence-corrected chi connectivity index (χ0v) is 10.4. The lowest BCUT2D eigenvalue weighted by Crippen LogP contribution is -1.93. The summed E-state index contributed by atoms with van der Waals surface area (Å²) in [6.07, 6.45) is 3.00. The third-order valence-corrected chi connectivity index (χ3v) is 3.07. The second-order valence-electron chi connectivity index (χ2n) is 2.89. The highest BCUT2D eigenvalue weighted by Gasteiger charge is 2.07. The van der Waals surface area contributed by atoms with Gasteiger partial charge in [-0.15, -0.1) is 22.9 Å². The molecule has 0 aromatic carbocycles. The van der Waals surface area contributed by atoms with Crippen molar-refractivity contribution in [3.05, 3.63) is 34.0 Å². The van der Waals surface area contributed by atoms with Crippen LogP contribution < -0.4 is 0 Å². The first-order valence-corrected chi connectivity index (χ1v) is 6.09. The van der Waals surface area contributed by atoms with Gasteiger partial charge >= 0.3 is 0 Å². The number of halogens is 1. The fourth-order valence-electron chi connectivity index (χ4n) is 0.929. The number of aliphatic hydroxyl groups excluding tert-OH is 1. The molecule has 1 rings (SSSR count). The average Bonchev–Trinajstić information content (AvgIpc) is 2.76. The highest BCUT2D eigenvalue weighted by Crippen LogP contribution is 2.23. The molecular formula is C13H11ClOS. The van der Waals surface area contributed by atoms with Crippen LogP contribution in [0, 0.1) is 23.7 Å². The molecule has 0 radical (unpaired) electrons. The predicted molar refractivity (Wildman–Crippen MR) is 69.5 cm³/mol. The molecular weight excluding hydrogens is 240 g/mol. The predicted octanol–water partition coefficient (Wildman–Crippen LogP) is 2.95. The molecule has 82 valence electrons. The van der Waals surface area contributed by atoms with E-state index in [1.165, 1.54) is 11.3 Å². The van der Waals surface area contributed by atoms with Gasteiger partial charge in [-0.1, -0.05) is 12.0 Å². The molecule has 3 heteroatoms. The summed E-state index contributed by atoms with van der Waals surface area (Å²) in [6.45, 7) is 1.90. The highest BCUT2D eigenvalue weighted by molar-refractivity contribution is 7.12. The summed E-state index contributed by atoms with van der Waals surface area (Å²) < 4.78 is 0. The lowest BCUT2D eigenvalue weighted by molar-refractivity contribution is 0.206. The van der Waals surface area contributed by atoms with E-state index in [1.807, 2.05) is 25.1 Å². The van der Waals surface area contributed by atoms with Crippen molar-refractivity contribution < 1.29 is 5.11 Å². The summed E-state index contributed by atoms with van der Waals surface area (Å²) in [6, 6.07) is 3.70. The number of rotatable bonds is 2. The normalized spacial score (nSPS) is 11.4. The van der Waals surface area contributed by atoms with E-state index in [4.69, 9.17) is 11.6 Å². The van der Waals surface area contributed by atoms with Crippen LogP contribution in [0.4, 0.5) is 0 Å². The van der Waals surface area contributed by atoms with E-state index in [0.29, 0.717) is 0 Å². The minimum Gasteiger partial charge on any atom is -0.386 e. The van der Waals surface area contributed by atoms with Crippen LogP contribution in [-0.4, -0.2) is 11.0 Å². The van der Waals surface area contributed by atoms with Gasteiger partial charge in [0.1, 0.15) is 6.10 Å². The maximum Gasteiger partial charge on any atom is 0.102 e. The molecule has 1 aromatic heterocycles. The van der Waals surface area contributed by atoms with Crippen LogP contribution in [0.15, 0.2) is 24.3 Å². The minimum absolute atomic E-state index is 0.203. The molecule has 1 unspecified atom stereocenters. The highest BCUT2D eigenvalue weighted by atomic mass is 35.5. The first-order chi connectivity index (χ1) is 7.77. The van der Waals surface area contributed by atoms with E-state index in [0.717, 1.165) is 9.75 Å². The van der Waals surface area contributed by atoms with Gasteiger partial charge in [0, 0.05) is 4.88 Å². The average molecular weight is 251 g/mol. The van der Waals surface area contributed by atoms with Gasteiger partial charge < -0.3 is 5.11 Å². The number of allylic oxidation sites excluding steroid dienone is 2. The molecule has 1 heterocycles. The monoisotopic (exact) mass is 250 g/mol. The van der Waals surface area contributed by atoms with Crippen molar-refractivity contribution in [3.8, 4) is 23.7 Å². The third kappa shape index (κ3) is 4.13. The Hall–Kier alpha value is -1.19. The molecule has 1 nitrogen and oxygen atoms in total. The van der Waals surface area contributed by atoms with E-state index in [-0.39, 0.29) is 5.88 Å². The number of alkyl halides is 1. The Morgan fingerprint density at radius 1 is 1.50 bits per heavy atom. The molecule has 1 aromatic rings. The van der Waals surface area contributed by atoms with Crippen LogP contribution in [0.2, 0.25) is 0 Å². The van der Waals surface area contributed by atoms with Crippen LogP contribution in [0.3, 0.4) is 0 Å². The van der Waals surface area contributed by atoms with Crippen molar-refractivity contribution in [2.45, 2.75) is 13.0 Å². The Morgan fingerprint density at radius 3 is 3.00 bits per heavy atom. The molecule has 16 heavy (non-hydrogen) atoms. The summed E-state index contributed by atoms with van der Waals surface area (Å²) in [5.74, 6) is 11.3. The molecule has 0 bridgehead atoms. The molecule has 0 saturated heterocycles. The van der Waals surface area contributed by atoms with Crippen LogP contribution in [-0.2, 0) is 0 Å². The van der Waals surface area contributed by atoms with E-state index in [2.05, 4.69) is 23.7 Å². The molecule has 1 atom stereocenters. The number of hydrogen-bond acceptors (Lipinski definition) is 2. The molecule has 0 aliphatic rings. The number of aliphatic hydroxyl groups is 1.